The molecule has 1 saturated carbocycles. The molecule has 192 valence electrons. The molecule has 0 aromatic heterocycles. The summed E-state index contributed by atoms with van der Waals surface area (Å²) >= 11 is 0. The highest BCUT2D eigenvalue weighted by molar-refractivity contribution is 5.79. The first-order chi connectivity index (χ1) is 16.6. The first kappa shape index (κ1) is 27.1. The Labute approximate surface area is 203 Å². The quantitative estimate of drug-likeness (QED) is 0.336. The van der Waals surface area contributed by atoms with Gasteiger partial charge in [-0.25, -0.2) is 8.78 Å². The smallest absolute Gasteiger partial charge is 0.352 e. The van der Waals surface area contributed by atoms with Crippen molar-refractivity contribution >= 4 is 5.91 Å². The van der Waals surface area contributed by atoms with E-state index >= 15 is 0 Å². The Morgan fingerprint density at radius 1 is 1.11 bits per heavy atom. The third kappa shape index (κ3) is 7.75. The Morgan fingerprint density at radius 3 is 2.60 bits per heavy atom. The molecule has 3 nitrogen and oxygen atoms in total. The van der Waals surface area contributed by atoms with Gasteiger partial charge in [0, 0.05) is 18.5 Å². The Kier molecular flexibility index (Phi) is 9.27. The zero-order chi connectivity index (χ0) is 25.6. The molecule has 2 aliphatic rings. The minimum Gasteiger partial charge on any atom is -0.352 e. The molecule has 35 heavy (non-hydrogen) atoms. The summed E-state index contributed by atoms with van der Waals surface area (Å²) in [5.74, 6) is -1.34. The number of carbonyl (C=O) groups is 1. The van der Waals surface area contributed by atoms with E-state index in [1.165, 1.54) is 12.2 Å². The third-order valence-corrected chi connectivity index (χ3v) is 7.15. The van der Waals surface area contributed by atoms with E-state index < -0.39 is 17.6 Å². The van der Waals surface area contributed by atoms with Gasteiger partial charge >= 0.3 is 6.18 Å². The number of nitrogens with one attached hydrogen (secondary N) is 1. The minimum absolute atomic E-state index is 0.0880. The van der Waals surface area contributed by atoms with Crippen LogP contribution >= 0.6 is 0 Å². The molecule has 8 heteroatoms. The summed E-state index contributed by atoms with van der Waals surface area (Å²) in [6, 6.07) is 2.62. The van der Waals surface area contributed by atoms with Gasteiger partial charge in [0.1, 0.15) is 11.6 Å². The lowest BCUT2D eigenvalue weighted by atomic mass is 9.92. The first-order valence-electron chi connectivity index (χ1n) is 12.1. The van der Waals surface area contributed by atoms with Crippen molar-refractivity contribution in [3.8, 4) is 0 Å². The molecule has 1 amide bonds. The van der Waals surface area contributed by atoms with E-state index in [1.807, 2.05) is 13.0 Å². The van der Waals surface area contributed by atoms with Gasteiger partial charge in [-0.3, -0.25) is 4.79 Å². The van der Waals surface area contributed by atoms with Crippen LogP contribution in [0.25, 0.3) is 0 Å². The number of alkyl halides is 3. The molecule has 3 rings (SSSR count). The van der Waals surface area contributed by atoms with Crippen molar-refractivity contribution in [2.75, 3.05) is 13.1 Å². The lowest BCUT2D eigenvalue weighted by molar-refractivity contribution is -0.137. The van der Waals surface area contributed by atoms with Crippen molar-refractivity contribution in [3.63, 3.8) is 0 Å². The molecule has 1 aliphatic carbocycles. The van der Waals surface area contributed by atoms with Gasteiger partial charge in [0.2, 0.25) is 5.91 Å². The second kappa shape index (κ2) is 12.0. The molecule has 3 atom stereocenters. The number of carbonyl (C=O) groups excluding carboxylic acids is 1. The molecule has 1 N–H and O–H groups in total. The van der Waals surface area contributed by atoms with Crippen LogP contribution in [0.4, 0.5) is 22.0 Å². The monoisotopic (exact) mass is 496 g/mol. The number of likely N-dealkylation sites (tertiary alicyclic amines) is 1. The summed E-state index contributed by atoms with van der Waals surface area (Å²) in [4.78, 5) is 15.1. The maximum Gasteiger partial charge on any atom is 0.416 e. The van der Waals surface area contributed by atoms with Crippen LogP contribution in [0.1, 0.15) is 56.6 Å². The van der Waals surface area contributed by atoms with Crippen molar-refractivity contribution in [2.45, 2.75) is 64.2 Å². The molecule has 2 fully saturated rings. The standard InChI is InChI=1S/C27H33F5N2O/c1-3-23(28)8-6-18(2)20-5-4-11-34(12-10-20)25-9-7-21(15-25)26(35)33-17-19-13-22(27(30,31)32)16-24(29)14-19/h3,6,8,13-14,16,20-21,25H,1,4-5,7,9-12,15,17H2,2H3,(H,33,35)/b18-6+,23-8+/t20?,21-,25?/m0/s1. The van der Waals surface area contributed by atoms with Crippen LogP contribution in [0.15, 0.2) is 54.4 Å². The fraction of sp³-hybridized carbons (Fsp3) is 0.519. The number of halogens is 5. The van der Waals surface area contributed by atoms with Gasteiger partial charge in [0.25, 0.3) is 0 Å². The summed E-state index contributed by atoms with van der Waals surface area (Å²) in [6.07, 6.45) is 5.16. The lowest BCUT2D eigenvalue weighted by Gasteiger charge is -2.27. The summed E-state index contributed by atoms with van der Waals surface area (Å²) in [5.41, 5.74) is 0.178. The van der Waals surface area contributed by atoms with E-state index in [-0.39, 0.29) is 35.8 Å². The molecule has 1 aromatic rings. The molecule has 1 aromatic carbocycles. The second-order valence-electron chi connectivity index (χ2n) is 9.56. The molecular formula is C27H33F5N2O. The van der Waals surface area contributed by atoms with E-state index in [9.17, 15) is 26.7 Å². The number of hydrogen-bond donors (Lipinski definition) is 1. The van der Waals surface area contributed by atoms with Crippen LogP contribution in [0.5, 0.6) is 0 Å². The highest BCUT2D eigenvalue weighted by Crippen LogP contribution is 2.34. The maximum atomic E-state index is 13.6. The second-order valence-corrected chi connectivity index (χ2v) is 9.56. The van der Waals surface area contributed by atoms with Crippen LogP contribution in [0.3, 0.4) is 0 Å². The SMILES string of the molecule is C=C/C(F)=C\C=C(/C)C1CCCN(C2CC[C@H](C(=O)NCc3cc(F)cc(C(F)(F)F)c3)C2)CC1. The molecule has 0 bridgehead atoms. The summed E-state index contributed by atoms with van der Waals surface area (Å²) in [7, 11) is 0. The Balaban J connectivity index is 1.51. The van der Waals surface area contributed by atoms with Crippen molar-refractivity contribution in [1.29, 1.82) is 0 Å². The molecule has 1 aliphatic heterocycles. The fourth-order valence-corrected chi connectivity index (χ4v) is 5.13. The van der Waals surface area contributed by atoms with E-state index in [1.54, 1.807) is 0 Å². The predicted octanol–water partition coefficient (Wildman–Crippen LogP) is 6.72. The third-order valence-electron chi connectivity index (χ3n) is 7.15. The minimum atomic E-state index is -4.64. The van der Waals surface area contributed by atoms with Gasteiger partial charge in [-0.15, -0.1) is 0 Å². The van der Waals surface area contributed by atoms with Crippen molar-refractivity contribution in [1.82, 2.24) is 10.2 Å². The highest BCUT2D eigenvalue weighted by Gasteiger charge is 2.34. The maximum absolute atomic E-state index is 13.6. The number of benzene rings is 1. The fourth-order valence-electron chi connectivity index (χ4n) is 5.13. The topological polar surface area (TPSA) is 32.3 Å². The lowest BCUT2D eigenvalue weighted by Crippen LogP contribution is -2.36. The zero-order valence-electron chi connectivity index (χ0n) is 20.0. The van der Waals surface area contributed by atoms with Crippen molar-refractivity contribution in [3.05, 3.63) is 71.4 Å². The van der Waals surface area contributed by atoms with E-state index in [0.717, 1.165) is 62.9 Å². The zero-order valence-corrected chi connectivity index (χ0v) is 20.0. The summed E-state index contributed by atoms with van der Waals surface area (Å²) in [5, 5.41) is 2.69. The van der Waals surface area contributed by atoms with Gasteiger partial charge in [-0.1, -0.05) is 18.2 Å². The normalized spacial score (nSPS) is 24.8. The van der Waals surface area contributed by atoms with E-state index in [4.69, 9.17) is 0 Å². The number of rotatable bonds is 7. The average molecular weight is 497 g/mol. The van der Waals surface area contributed by atoms with Crippen molar-refractivity contribution in [2.24, 2.45) is 11.8 Å². The number of amides is 1. The average Bonchev–Trinajstić information content (AvgIpc) is 3.18. The van der Waals surface area contributed by atoms with Gasteiger partial charge in [0.15, 0.2) is 0 Å². The first-order valence-corrected chi connectivity index (χ1v) is 12.1. The molecule has 1 heterocycles. The van der Waals surface area contributed by atoms with Gasteiger partial charge in [0.05, 0.1) is 5.56 Å². The van der Waals surface area contributed by atoms with Crippen LogP contribution in [-0.4, -0.2) is 29.9 Å². The van der Waals surface area contributed by atoms with Gasteiger partial charge in [-0.2, -0.15) is 13.2 Å². The van der Waals surface area contributed by atoms with E-state index in [0.29, 0.717) is 18.4 Å². The molecule has 0 radical (unpaired) electrons. The Hall–Kier alpha value is -2.48. The number of nitrogens with zero attached hydrogens (tertiary/aromatic N) is 1. The van der Waals surface area contributed by atoms with Gasteiger partial charge < -0.3 is 10.2 Å². The molecule has 1 saturated heterocycles. The summed E-state index contributed by atoms with van der Waals surface area (Å²) < 4.78 is 65.7. The summed E-state index contributed by atoms with van der Waals surface area (Å²) in [6.45, 7) is 7.16. The van der Waals surface area contributed by atoms with Crippen LogP contribution in [-0.2, 0) is 17.5 Å². The highest BCUT2D eigenvalue weighted by atomic mass is 19.4. The Bertz CT molecular complexity index is 969. The number of allylic oxidation sites excluding steroid dienone is 5. The van der Waals surface area contributed by atoms with Crippen molar-refractivity contribution < 1.29 is 26.7 Å². The van der Waals surface area contributed by atoms with Crippen LogP contribution in [0.2, 0.25) is 0 Å². The van der Waals surface area contributed by atoms with Crippen LogP contribution < -0.4 is 5.32 Å². The van der Waals surface area contributed by atoms with E-state index in [2.05, 4.69) is 16.8 Å². The molecule has 2 unspecified atom stereocenters. The number of hydrogen-bond acceptors (Lipinski definition) is 2. The molecule has 0 spiro atoms. The van der Waals surface area contributed by atoms with Crippen LogP contribution in [0, 0.1) is 17.7 Å². The molecular weight excluding hydrogens is 463 g/mol. The van der Waals surface area contributed by atoms with Gasteiger partial charge in [-0.05, 0) is 100 Å². The largest absolute Gasteiger partial charge is 0.416 e. The predicted molar refractivity (Wildman–Crippen MR) is 126 cm³/mol. The Morgan fingerprint density at radius 2 is 1.89 bits per heavy atom.